The van der Waals surface area contributed by atoms with Crippen molar-refractivity contribution in [1.29, 1.82) is 0 Å². The number of aryl methyl sites for hydroxylation is 1. The molecule has 1 atom stereocenters. The Morgan fingerprint density at radius 1 is 1.10 bits per heavy atom. The van der Waals surface area contributed by atoms with E-state index in [1.165, 1.54) is 6.07 Å². The zero-order valence-electron chi connectivity index (χ0n) is 11.3. The molecule has 1 unspecified atom stereocenters. The molecular weight excluding hydrogens is 256 g/mol. The maximum Gasteiger partial charge on any atom is 0.262 e. The van der Waals surface area contributed by atoms with Crippen molar-refractivity contribution in [3.63, 3.8) is 0 Å². The van der Waals surface area contributed by atoms with Crippen molar-refractivity contribution in [3.8, 4) is 22.6 Å². The van der Waals surface area contributed by atoms with E-state index in [1.54, 1.807) is 38.1 Å². The highest BCUT2D eigenvalue weighted by Crippen LogP contribution is 2.36. The van der Waals surface area contributed by atoms with Gasteiger partial charge >= 0.3 is 0 Å². The van der Waals surface area contributed by atoms with Gasteiger partial charge in [0.05, 0.1) is 6.10 Å². The summed E-state index contributed by atoms with van der Waals surface area (Å²) < 4.78 is 0. The predicted molar refractivity (Wildman–Crippen MR) is 76.8 cm³/mol. The van der Waals surface area contributed by atoms with E-state index in [1.807, 2.05) is 6.07 Å². The van der Waals surface area contributed by atoms with Crippen LogP contribution in [-0.2, 0) is 0 Å². The van der Waals surface area contributed by atoms with Gasteiger partial charge in [0.15, 0.2) is 11.5 Å². The van der Waals surface area contributed by atoms with E-state index in [2.05, 4.69) is 0 Å². The van der Waals surface area contributed by atoms with Crippen molar-refractivity contribution in [3.05, 3.63) is 57.7 Å². The monoisotopic (exact) mass is 272 g/mol. The number of aromatic hydroxyl groups is 2. The molecule has 2 rings (SSSR count). The highest BCUT2D eigenvalue weighted by atomic mass is 16.3. The first-order valence-electron chi connectivity index (χ1n) is 6.26. The van der Waals surface area contributed by atoms with Gasteiger partial charge in [0.1, 0.15) is 0 Å². The van der Waals surface area contributed by atoms with Crippen molar-refractivity contribution >= 4 is 0 Å². The second kappa shape index (κ2) is 5.35. The molecule has 0 amide bonds. The maximum atomic E-state index is 11.9. The van der Waals surface area contributed by atoms with Crippen molar-refractivity contribution < 1.29 is 15.3 Å². The molecule has 0 heterocycles. The van der Waals surface area contributed by atoms with Crippen LogP contribution in [0.3, 0.4) is 0 Å². The first kappa shape index (κ1) is 14.1. The summed E-state index contributed by atoms with van der Waals surface area (Å²) in [5, 5.41) is 29.8. The van der Waals surface area contributed by atoms with Gasteiger partial charge in [-0.3, -0.25) is 4.79 Å². The average molecular weight is 272 g/mol. The molecule has 0 saturated carbocycles. The summed E-state index contributed by atoms with van der Waals surface area (Å²) >= 11 is 0. The van der Waals surface area contributed by atoms with Crippen LogP contribution in [0, 0.1) is 6.92 Å². The standard InChI is InChI=1S/C16H16O4/c1-9-8-12(18)15(19)16(20)14(13(9)10(2)17)11-6-4-3-5-7-11/h3-8,10,17H,1-2H3,(H2,18,19,20). The summed E-state index contributed by atoms with van der Waals surface area (Å²) in [6.45, 7) is 3.23. The molecule has 0 spiro atoms. The lowest BCUT2D eigenvalue weighted by molar-refractivity contribution is 0.199. The summed E-state index contributed by atoms with van der Waals surface area (Å²) in [6.07, 6.45) is -0.887. The lowest BCUT2D eigenvalue weighted by Gasteiger charge is -2.13. The minimum absolute atomic E-state index is 0.253. The maximum absolute atomic E-state index is 11.9. The van der Waals surface area contributed by atoms with E-state index in [-0.39, 0.29) is 5.56 Å². The zero-order valence-corrected chi connectivity index (χ0v) is 11.3. The summed E-state index contributed by atoms with van der Waals surface area (Å²) in [5.41, 5.74) is 0.971. The highest BCUT2D eigenvalue weighted by molar-refractivity contribution is 5.75. The van der Waals surface area contributed by atoms with Gasteiger partial charge in [0, 0.05) is 5.56 Å². The molecule has 0 aliphatic rings. The quantitative estimate of drug-likeness (QED) is 0.785. The van der Waals surface area contributed by atoms with Crippen molar-refractivity contribution in [2.75, 3.05) is 0 Å². The Bertz CT molecular complexity index is 691. The minimum atomic E-state index is -0.887. The fourth-order valence-corrected chi connectivity index (χ4v) is 2.34. The normalized spacial score (nSPS) is 12.2. The Balaban J connectivity index is 2.99. The van der Waals surface area contributed by atoms with Gasteiger partial charge in [0.25, 0.3) is 5.43 Å². The van der Waals surface area contributed by atoms with Gasteiger partial charge in [-0.25, -0.2) is 0 Å². The highest BCUT2D eigenvalue weighted by Gasteiger charge is 2.19. The fraction of sp³-hybridized carbons (Fsp3) is 0.188. The molecule has 0 bridgehead atoms. The molecule has 0 saturated heterocycles. The van der Waals surface area contributed by atoms with Crippen molar-refractivity contribution in [2.24, 2.45) is 0 Å². The average Bonchev–Trinajstić information content (AvgIpc) is 2.50. The largest absolute Gasteiger partial charge is 0.504 e. The molecule has 20 heavy (non-hydrogen) atoms. The molecular formula is C16H16O4. The van der Waals surface area contributed by atoms with Gasteiger partial charge in [-0.05, 0) is 36.6 Å². The lowest BCUT2D eigenvalue weighted by Crippen LogP contribution is -2.00. The van der Waals surface area contributed by atoms with Crippen LogP contribution in [0.1, 0.15) is 24.2 Å². The summed E-state index contributed by atoms with van der Waals surface area (Å²) in [5.74, 6) is -1.10. The van der Waals surface area contributed by atoms with Crippen LogP contribution < -0.4 is 5.43 Å². The molecule has 0 aliphatic carbocycles. The Morgan fingerprint density at radius 2 is 1.70 bits per heavy atom. The van der Waals surface area contributed by atoms with Gasteiger partial charge in [-0.2, -0.15) is 0 Å². The van der Waals surface area contributed by atoms with Crippen LogP contribution in [0.15, 0.2) is 41.2 Å². The molecule has 0 radical (unpaired) electrons. The van der Waals surface area contributed by atoms with E-state index in [9.17, 15) is 20.1 Å². The SMILES string of the molecule is Cc1cc(O)c(=O)c(O)c(-c2ccccc2)c1C(C)O. The van der Waals surface area contributed by atoms with Crippen molar-refractivity contribution in [1.82, 2.24) is 0 Å². The van der Waals surface area contributed by atoms with Gasteiger partial charge in [-0.15, -0.1) is 0 Å². The lowest BCUT2D eigenvalue weighted by atomic mass is 9.95. The Labute approximate surface area is 116 Å². The fourth-order valence-electron chi connectivity index (χ4n) is 2.34. The molecule has 104 valence electrons. The smallest absolute Gasteiger partial charge is 0.262 e. The van der Waals surface area contributed by atoms with Crippen LogP contribution in [0.5, 0.6) is 11.5 Å². The molecule has 0 aliphatic heterocycles. The van der Waals surface area contributed by atoms with E-state index in [0.29, 0.717) is 16.7 Å². The second-order valence-corrected chi connectivity index (χ2v) is 4.72. The van der Waals surface area contributed by atoms with Crippen LogP contribution in [0.2, 0.25) is 0 Å². The minimum Gasteiger partial charge on any atom is -0.504 e. The Morgan fingerprint density at radius 3 is 2.25 bits per heavy atom. The molecule has 4 heteroatoms. The Kier molecular flexibility index (Phi) is 3.77. The van der Waals surface area contributed by atoms with Crippen LogP contribution in [0.4, 0.5) is 0 Å². The third-order valence-corrected chi connectivity index (χ3v) is 3.21. The second-order valence-electron chi connectivity index (χ2n) is 4.72. The van der Waals surface area contributed by atoms with Gasteiger partial charge in [0.2, 0.25) is 0 Å². The van der Waals surface area contributed by atoms with Crippen LogP contribution >= 0.6 is 0 Å². The van der Waals surface area contributed by atoms with E-state index in [0.717, 1.165) is 0 Å². The number of rotatable bonds is 2. The van der Waals surface area contributed by atoms with Crippen LogP contribution in [-0.4, -0.2) is 15.3 Å². The van der Waals surface area contributed by atoms with E-state index >= 15 is 0 Å². The van der Waals surface area contributed by atoms with Crippen LogP contribution in [0.25, 0.3) is 11.1 Å². The Hall–Kier alpha value is -2.33. The number of hydrogen-bond donors (Lipinski definition) is 3. The molecule has 0 fully saturated rings. The number of benzene rings is 1. The molecule has 3 N–H and O–H groups in total. The zero-order chi connectivity index (χ0) is 14.9. The number of aliphatic hydroxyl groups excluding tert-OH is 1. The van der Waals surface area contributed by atoms with E-state index < -0.39 is 23.0 Å². The molecule has 0 aromatic heterocycles. The summed E-state index contributed by atoms with van der Waals surface area (Å²) in [6, 6.07) is 10.1. The summed E-state index contributed by atoms with van der Waals surface area (Å²) in [7, 11) is 0. The first-order valence-corrected chi connectivity index (χ1v) is 6.26. The van der Waals surface area contributed by atoms with E-state index in [4.69, 9.17) is 0 Å². The third kappa shape index (κ3) is 2.38. The van der Waals surface area contributed by atoms with Gasteiger partial charge < -0.3 is 15.3 Å². The molecule has 2 aromatic rings. The molecule has 4 nitrogen and oxygen atoms in total. The molecule has 2 aromatic carbocycles. The van der Waals surface area contributed by atoms with Crippen molar-refractivity contribution in [2.45, 2.75) is 20.0 Å². The third-order valence-electron chi connectivity index (χ3n) is 3.21. The summed E-state index contributed by atoms with van der Waals surface area (Å²) in [4.78, 5) is 11.9. The number of hydrogen-bond acceptors (Lipinski definition) is 4. The topological polar surface area (TPSA) is 77.8 Å². The van der Waals surface area contributed by atoms with Gasteiger partial charge in [-0.1, -0.05) is 30.3 Å². The number of aliphatic hydroxyl groups is 1. The predicted octanol–water partition coefficient (Wildman–Crippen LogP) is 2.49. The first-order chi connectivity index (χ1) is 9.43.